The molecule has 2 rings (SSSR count). The zero-order valence-electron chi connectivity index (χ0n) is 8.47. The van der Waals surface area contributed by atoms with Gasteiger partial charge in [0.25, 0.3) is 0 Å². The first kappa shape index (κ1) is 10.3. The van der Waals surface area contributed by atoms with E-state index in [4.69, 9.17) is 16.3 Å². The van der Waals surface area contributed by atoms with Crippen LogP contribution in [0.15, 0.2) is 12.1 Å². The number of carbonyl (C=O) groups excluding carboxylic acids is 1. The van der Waals surface area contributed by atoms with Crippen LogP contribution in [0, 0.1) is 0 Å². The number of hydrogen-bond donors (Lipinski definition) is 1. The van der Waals surface area contributed by atoms with Crippen molar-refractivity contribution in [3.63, 3.8) is 0 Å². The number of aryl methyl sites for hydroxylation is 1. The minimum Gasteiger partial charge on any atom is -0.495 e. The topological polar surface area (TPSA) is 38.3 Å². The number of hydrogen-bond acceptors (Lipinski definition) is 2. The van der Waals surface area contributed by atoms with Gasteiger partial charge in [0.15, 0.2) is 0 Å². The lowest BCUT2D eigenvalue weighted by atomic mass is 10.1. The first-order chi connectivity index (χ1) is 7.22. The van der Waals surface area contributed by atoms with E-state index in [0.717, 1.165) is 18.4 Å². The maximum atomic E-state index is 11.4. The Hall–Kier alpha value is -1.22. The Morgan fingerprint density at radius 3 is 2.93 bits per heavy atom. The van der Waals surface area contributed by atoms with E-state index in [1.165, 1.54) is 0 Å². The lowest BCUT2D eigenvalue weighted by Crippen LogP contribution is -2.09. The summed E-state index contributed by atoms with van der Waals surface area (Å²) in [7, 11) is 1.56. The summed E-state index contributed by atoms with van der Waals surface area (Å²) < 4.78 is 5.10. The number of fused-ring (bicyclic) bond motifs is 1. The van der Waals surface area contributed by atoms with E-state index >= 15 is 0 Å². The molecule has 0 spiro atoms. The van der Waals surface area contributed by atoms with Gasteiger partial charge in [-0.1, -0.05) is 17.7 Å². The summed E-state index contributed by atoms with van der Waals surface area (Å²) in [5.74, 6) is 0.613. The second-order valence-corrected chi connectivity index (χ2v) is 3.90. The maximum Gasteiger partial charge on any atom is 0.224 e. The van der Waals surface area contributed by atoms with Crippen LogP contribution in [0.4, 0.5) is 5.69 Å². The van der Waals surface area contributed by atoms with Crippen LogP contribution in [0.5, 0.6) is 5.75 Å². The summed E-state index contributed by atoms with van der Waals surface area (Å²) in [6.45, 7) is 0. The Morgan fingerprint density at radius 1 is 1.40 bits per heavy atom. The molecule has 0 aliphatic carbocycles. The lowest BCUT2D eigenvalue weighted by Gasteiger charge is -2.11. The molecular formula is C11H12ClNO2. The molecule has 0 saturated carbocycles. The average molecular weight is 226 g/mol. The van der Waals surface area contributed by atoms with Crippen LogP contribution in [-0.4, -0.2) is 13.0 Å². The number of rotatable bonds is 1. The van der Waals surface area contributed by atoms with Crippen molar-refractivity contribution < 1.29 is 9.53 Å². The van der Waals surface area contributed by atoms with E-state index in [0.29, 0.717) is 22.9 Å². The molecule has 1 amide bonds. The van der Waals surface area contributed by atoms with Crippen LogP contribution in [-0.2, 0) is 11.2 Å². The number of halogens is 1. The molecule has 15 heavy (non-hydrogen) atoms. The van der Waals surface area contributed by atoms with Gasteiger partial charge in [-0.3, -0.25) is 4.79 Å². The lowest BCUT2D eigenvalue weighted by molar-refractivity contribution is -0.116. The van der Waals surface area contributed by atoms with E-state index in [2.05, 4.69) is 5.32 Å². The van der Waals surface area contributed by atoms with Crippen molar-refractivity contribution >= 4 is 23.2 Å². The highest BCUT2D eigenvalue weighted by Gasteiger charge is 2.17. The number of anilines is 1. The molecule has 0 atom stereocenters. The molecule has 3 nitrogen and oxygen atoms in total. The van der Waals surface area contributed by atoms with E-state index in [-0.39, 0.29) is 5.91 Å². The van der Waals surface area contributed by atoms with Gasteiger partial charge in [-0.25, -0.2) is 0 Å². The fraction of sp³-hybridized carbons (Fsp3) is 0.364. The molecule has 1 aromatic carbocycles. The molecule has 0 unspecified atom stereocenters. The fourth-order valence-electron chi connectivity index (χ4n) is 1.74. The van der Waals surface area contributed by atoms with Gasteiger partial charge in [0.2, 0.25) is 5.91 Å². The van der Waals surface area contributed by atoms with Gasteiger partial charge in [0.1, 0.15) is 10.8 Å². The van der Waals surface area contributed by atoms with Gasteiger partial charge in [0, 0.05) is 6.42 Å². The molecule has 1 heterocycles. The summed E-state index contributed by atoms with van der Waals surface area (Å²) in [4.78, 5) is 11.4. The molecule has 0 saturated heterocycles. The Kier molecular flexibility index (Phi) is 2.82. The van der Waals surface area contributed by atoms with Gasteiger partial charge in [-0.2, -0.15) is 0 Å². The van der Waals surface area contributed by atoms with Crippen molar-refractivity contribution in [2.24, 2.45) is 0 Å². The van der Waals surface area contributed by atoms with E-state index in [9.17, 15) is 4.79 Å². The summed E-state index contributed by atoms with van der Waals surface area (Å²) in [6, 6.07) is 3.78. The molecule has 0 bridgehead atoms. The zero-order valence-corrected chi connectivity index (χ0v) is 9.23. The number of methoxy groups -OCH3 is 1. The average Bonchev–Trinajstić information content (AvgIpc) is 2.41. The highest BCUT2D eigenvalue weighted by Crippen LogP contribution is 2.36. The minimum atomic E-state index is 0.0175. The highest BCUT2D eigenvalue weighted by atomic mass is 35.5. The van der Waals surface area contributed by atoms with Crippen molar-refractivity contribution in [1.29, 1.82) is 0 Å². The van der Waals surface area contributed by atoms with Crippen LogP contribution in [0.25, 0.3) is 0 Å². The molecule has 4 heteroatoms. The number of nitrogens with one attached hydrogen (secondary N) is 1. The van der Waals surface area contributed by atoms with Crippen molar-refractivity contribution in [3.8, 4) is 5.75 Å². The molecule has 0 radical (unpaired) electrons. The van der Waals surface area contributed by atoms with Crippen molar-refractivity contribution in [1.82, 2.24) is 0 Å². The van der Waals surface area contributed by atoms with Crippen LogP contribution < -0.4 is 10.1 Å². The largest absolute Gasteiger partial charge is 0.495 e. The maximum absolute atomic E-state index is 11.4. The Morgan fingerprint density at radius 2 is 2.20 bits per heavy atom. The summed E-state index contributed by atoms with van der Waals surface area (Å²) in [5.41, 5.74) is 1.78. The molecule has 1 aliphatic heterocycles. The monoisotopic (exact) mass is 225 g/mol. The third-order valence-electron chi connectivity index (χ3n) is 2.53. The van der Waals surface area contributed by atoms with Gasteiger partial charge < -0.3 is 10.1 Å². The molecule has 0 aromatic heterocycles. The number of benzene rings is 1. The predicted octanol–water partition coefficient (Wildman–Crippen LogP) is 2.62. The van der Waals surface area contributed by atoms with Gasteiger partial charge in [-0.05, 0) is 24.5 Å². The van der Waals surface area contributed by atoms with Gasteiger partial charge >= 0.3 is 0 Å². The molecule has 1 aliphatic rings. The molecule has 80 valence electrons. The van der Waals surface area contributed by atoms with Crippen LogP contribution in [0.3, 0.4) is 0 Å². The second kappa shape index (κ2) is 4.11. The Balaban J connectivity index is 2.49. The number of ether oxygens (including phenoxy) is 1. The number of amides is 1. The SMILES string of the molecule is COc1ccc2c(c1Cl)NC(=O)CCC2. The van der Waals surface area contributed by atoms with Crippen molar-refractivity contribution in [3.05, 3.63) is 22.7 Å². The summed E-state index contributed by atoms with van der Waals surface area (Å²) in [6.07, 6.45) is 2.28. The standard InChI is InChI=1S/C11H12ClNO2/c1-15-8-6-5-7-3-2-4-9(14)13-11(7)10(8)12/h5-6H,2-4H2,1H3,(H,13,14). The smallest absolute Gasteiger partial charge is 0.224 e. The van der Waals surface area contributed by atoms with E-state index in [1.807, 2.05) is 12.1 Å². The Labute approximate surface area is 93.4 Å². The van der Waals surface area contributed by atoms with Crippen molar-refractivity contribution in [2.45, 2.75) is 19.3 Å². The number of carbonyl (C=O) groups is 1. The zero-order chi connectivity index (χ0) is 10.8. The third kappa shape index (κ3) is 1.92. The predicted molar refractivity (Wildman–Crippen MR) is 59.6 cm³/mol. The quantitative estimate of drug-likeness (QED) is 0.798. The van der Waals surface area contributed by atoms with E-state index in [1.54, 1.807) is 7.11 Å². The minimum absolute atomic E-state index is 0.0175. The summed E-state index contributed by atoms with van der Waals surface area (Å²) >= 11 is 6.12. The van der Waals surface area contributed by atoms with Crippen molar-refractivity contribution in [2.75, 3.05) is 12.4 Å². The molecule has 1 N–H and O–H groups in total. The van der Waals surface area contributed by atoms with Gasteiger partial charge in [0.05, 0.1) is 12.8 Å². The molecule has 1 aromatic rings. The summed E-state index contributed by atoms with van der Waals surface area (Å²) in [5, 5.41) is 3.31. The third-order valence-corrected chi connectivity index (χ3v) is 2.90. The van der Waals surface area contributed by atoms with Crippen LogP contribution >= 0.6 is 11.6 Å². The fourth-order valence-corrected chi connectivity index (χ4v) is 2.05. The highest BCUT2D eigenvalue weighted by molar-refractivity contribution is 6.35. The molecule has 0 fully saturated rings. The first-order valence-corrected chi connectivity index (χ1v) is 5.25. The van der Waals surface area contributed by atoms with Crippen LogP contribution in [0.1, 0.15) is 18.4 Å². The Bertz CT molecular complexity index is 404. The second-order valence-electron chi connectivity index (χ2n) is 3.52. The molecular weight excluding hydrogens is 214 g/mol. The normalized spacial score (nSPS) is 15.2. The van der Waals surface area contributed by atoms with Gasteiger partial charge in [-0.15, -0.1) is 0 Å². The van der Waals surface area contributed by atoms with E-state index < -0.39 is 0 Å². The van der Waals surface area contributed by atoms with Crippen LogP contribution in [0.2, 0.25) is 5.02 Å². The first-order valence-electron chi connectivity index (χ1n) is 4.87.